The molecule has 0 radical (unpaired) electrons. The lowest BCUT2D eigenvalue weighted by atomic mass is 10.0. The number of fused-ring (bicyclic) bond motifs is 1. The summed E-state index contributed by atoms with van der Waals surface area (Å²) >= 11 is 1.56. The van der Waals surface area contributed by atoms with E-state index in [1.54, 1.807) is 23.5 Å². The molecule has 106 valence electrons. The molecule has 6 heteroatoms. The van der Waals surface area contributed by atoms with Gasteiger partial charge in [0, 0.05) is 18.8 Å². The van der Waals surface area contributed by atoms with Crippen molar-refractivity contribution in [3.05, 3.63) is 46.2 Å². The Kier molecular flexibility index (Phi) is 3.78. The second-order valence-corrected chi connectivity index (χ2v) is 7.35. The fourth-order valence-electron chi connectivity index (χ4n) is 2.27. The first-order valence-electron chi connectivity index (χ1n) is 6.53. The van der Waals surface area contributed by atoms with Crippen LogP contribution in [-0.4, -0.2) is 15.0 Å². The molecule has 4 nitrogen and oxygen atoms in total. The summed E-state index contributed by atoms with van der Waals surface area (Å²) in [6, 6.07) is 7.21. The molecule has 1 aromatic heterocycles. The summed E-state index contributed by atoms with van der Waals surface area (Å²) in [5.74, 6) is 0. The molecule has 0 fully saturated rings. The van der Waals surface area contributed by atoms with Gasteiger partial charge in [-0.05, 0) is 59.0 Å². The van der Waals surface area contributed by atoms with Crippen LogP contribution in [-0.2, 0) is 23.0 Å². The molecule has 2 N–H and O–H groups in total. The number of hydrogen-bond acceptors (Lipinski definition) is 4. The topological polar surface area (TPSA) is 58.2 Å². The zero-order chi connectivity index (χ0) is 14.0. The zero-order valence-electron chi connectivity index (χ0n) is 10.9. The molecule has 0 atom stereocenters. The second kappa shape index (κ2) is 5.55. The van der Waals surface area contributed by atoms with Crippen LogP contribution in [0.3, 0.4) is 0 Å². The summed E-state index contributed by atoms with van der Waals surface area (Å²) in [6.45, 7) is 1.29. The standard InChI is InChI=1S/C14H16N2O2S2/c17-20(18,16-9-11-5-7-19-10-11)13-3-4-14-12(8-13)2-1-6-15-14/h3-5,7-8,10,15-16H,1-2,6,9H2. The van der Waals surface area contributed by atoms with Crippen molar-refractivity contribution in [3.63, 3.8) is 0 Å². The van der Waals surface area contributed by atoms with Gasteiger partial charge in [-0.25, -0.2) is 13.1 Å². The summed E-state index contributed by atoms with van der Waals surface area (Å²) in [5.41, 5.74) is 3.11. The maximum absolute atomic E-state index is 12.3. The summed E-state index contributed by atoms with van der Waals surface area (Å²) < 4.78 is 27.2. The van der Waals surface area contributed by atoms with Crippen molar-refractivity contribution in [1.29, 1.82) is 0 Å². The fourth-order valence-corrected chi connectivity index (χ4v) is 4.01. The van der Waals surface area contributed by atoms with Crippen molar-refractivity contribution < 1.29 is 8.42 Å². The van der Waals surface area contributed by atoms with E-state index in [2.05, 4.69) is 10.0 Å². The van der Waals surface area contributed by atoms with Crippen molar-refractivity contribution in [2.75, 3.05) is 11.9 Å². The summed E-state index contributed by atoms with van der Waals surface area (Å²) in [5, 5.41) is 7.16. The summed E-state index contributed by atoms with van der Waals surface area (Å²) in [7, 11) is -3.44. The first-order chi connectivity index (χ1) is 9.65. The third-order valence-corrected chi connectivity index (χ3v) is 5.50. The van der Waals surface area contributed by atoms with Crippen LogP contribution in [0.25, 0.3) is 0 Å². The molecule has 0 spiro atoms. The van der Waals surface area contributed by atoms with E-state index < -0.39 is 10.0 Å². The quantitative estimate of drug-likeness (QED) is 0.913. The van der Waals surface area contributed by atoms with Gasteiger partial charge >= 0.3 is 0 Å². The Morgan fingerprint density at radius 2 is 2.20 bits per heavy atom. The number of hydrogen-bond donors (Lipinski definition) is 2. The number of nitrogens with one attached hydrogen (secondary N) is 2. The molecule has 20 heavy (non-hydrogen) atoms. The van der Waals surface area contributed by atoms with Gasteiger partial charge in [0.2, 0.25) is 10.0 Å². The SMILES string of the molecule is O=S(=O)(NCc1ccsc1)c1ccc2c(c1)CCCN2. The maximum atomic E-state index is 12.3. The number of sulfonamides is 1. The lowest BCUT2D eigenvalue weighted by Crippen LogP contribution is -2.23. The van der Waals surface area contributed by atoms with Gasteiger partial charge < -0.3 is 5.32 Å². The summed E-state index contributed by atoms with van der Waals surface area (Å²) in [6.07, 6.45) is 1.97. The van der Waals surface area contributed by atoms with Crippen LogP contribution in [0, 0.1) is 0 Å². The molecule has 0 saturated heterocycles. The number of rotatable bonds is 4. The van der Waals surface area contributed by atoms with E-state index in [1.807, 2.05) is 22.9 Å². The number of anilines is 1. The zero-order valence-corrected chi connectivity index (χ0v) is 12.6. The van der Waals surface area contributed by atoms with Crippen LogP contribution in [0.15, 0.2) is 39.9 Å². The van der Waals surface area contributed by atoms with Gasteiger partial charge in [-0.2, -0.15) is 11.3 Å². The van der Waals surface area contributed by atoms with Crippen molar-refractivity contribution in [1.82, 2.24) is 4.72 Å². The Morgan fingerprint density at radius 3 is 3.00 bits per heavy atom. The normalized spacial score (nSPS) is 14.6. The highest BCUT2D eigenvalue weighted by Crippen LogP contribution is 2.24. The van der Waals surface area contributed by atoms with Gasteiger partial charge in [-0.3, -0.25) is 0 Å². The molecule has 0 aliphatic carbocycles. The van der Waals surface area contributed by atoms with E-state index in [0.29, 0.717) is 11.4 Å². The highest BCUT2D eigenvalue weighted by Gasteiger charge is 2.17. The lowest BCUT2D eigenvalue weighted by Gasteiger charge is -2.18. The molecular weight excluding hydrogens is 292 g/mol. The molecule has 1 aliphatic heterocycles. The Bertz CT molecular complexity index is 694. The average Bonchev–Trinajstić information content (AvgIpc) is 2.98. The van der Waals surface area contributed by atoms with Crippen LogP contribution < -0.4 is 10.0 Å². The Morgan fingerprint density at radius 1 is 1.30 bits per heavy atom. The van der Waals surface area contributed by atoms with Crippen LogP contribution >= 0.6 is 11.3 Å². The molecule has 1 aromatic carbocycles. The molecule has 0 saturated carbocycles. The molecule has 1 aliphatic rings. The molecule has 0 amide bonds. The molecule has 3 rings (SSSR count). The van der Waals surface area contributed by atoms with Gasteiger partial charge in [0.25, 0.3) is 0 Å². The van der Waals surface area contributed by atoms with Gasteiger partial charge in [0.15, 0.2) is 0 Å². The van der Waals surface area contributed by atoms with E-state index in [4.69, 9.17) is 0 Å². The third-order valence-electron chi connectivity index (χ3n) is 3.37. The van der Waals surface area contributed by atoms with E-state index >= 15 is 0 Å². The molecule has 0 unspecified atom stereocenters. The van der Waals surface area contributed by atoms with Gasteiger partial charge in [0.1, 0.15) is 0 Å². The Labute approximate surface area is 122 Å². The molecule has 0 bridgehead atoms. The monoisotopic (exact) mass is 308 g/mol. The minimum Gasteiger partial charge on any atom is -0.385 e. The third kappa shape index (κ3) is 2.87. The van der Waals surface area contributed by atoms with Crippen LogP contribution in [0.4, 0.5) is 5.69 Å². The molecular formula is C14H16N2O2S2. The van der Waals surface area contributed by atoms with Crippen LogP contribution in [0.1, 0.15) is 17.5 Å². The summed E-state index contributed by atoms with van der Waals surface area (Å²) in [4.78, 5) is 0.343. The Balaban J connectivity index is 1.80. The predicted octanol–water partition coefficient (Wildman–Crippen LogP) is 2.58. The number of thiophene rings is 1. The van der Waals surface area contributed by atoms with Crippen molar-refractivity contribution in [3.8, 4) is 0 Å². The average molecular weight is 308 g/mol. The van der Waals surface area contributed by atoms with Crippen LogP contribution in [0.5, 0.6) is 0 Å². The van der Waals surface area contributed by atoms with E-state index in [-0.39, 0.29) is 0 Å². The van der Waals surface area contributed by atoms with Crippen LogP contribution in [0.2, 0.25) is 0 Å². The lowest BCUT2D eigenvalue weighted by molar-refractivity contribution is 0.581. The molecule has 2 heterocycles. The van der Waals surface area contributed by atoms with Crippen molar-refractivity contribution in [2.45, 2.75) is 24.3 Å². The van der Waals surface area contributed by atoms with E-state index in [0.717, 1.165) is 36.2 Å². The number of benzene rings is 1. The van der Waals surface area contributed by atoms with Gasteiger partial charge in [-0.15, -0.1) is 0 Å². The van der Waals surface area contributed by atoms with Gasteiger partial charge in [0.05, 0.1) is 4.90 Å². The highest BCUT2D eigenvalue weighted by molar-refractivity contribution is 7.89. The van der Waals surface area contributed by atoms with Crippen molar-refractivity contribution in [2.24, 2.45) is 0 Å². The van der Waals surface area contributed by atoms with E-state index in [1.165, 1.54) is 0 Å². The smallest absolute Gasteiger partial charge is 0.240 e. The predicted molar refractivity (Wildman–Crippen MR) is 81.6 cm³/mol. The molecule has 2 aromatic rings. The number of aryl methyl sites for hydroxylation is 1. The second-order valence-electron chi connectivity index (χ2n) is 4.81. The highest BCUT2D eigenvalue weighted by atomic mass is 32.2. The minimum absolute atomic E-state index is 0.334. The largest absolute Gasteiger partial charge is 0.385 e. The van der Waals surface area contributed by atoms with E-state index in [9.17, 15) is 8.42 Å². The van der Waals surface area contributed by atoms with Gasteiger partial charge in [-0.1, -0.05) is 0 Å². The van der Waals surface area contributed by atoms with Crippen molar-refractivity contribution >= 4 is 27.0 Å². The first-order valence-corrected chi connectivity index (χ1v) is 8.95. The maximum Gasteiger partial charge on any atom is 0.240 e. The Hall–Kier alpha value is -1.37. The minimum atomic E-state index is -3.44. The first kappa shape index (κ1) is 13.6. The fraction of sp³-hybridized carbons (Fsp3) is 0.286.